The number of allylic oxidation sites excluding steroid dienone is 2. The van der Waals surface area contributed by atoms with E-state index in [0.29, 0.717) is 32.1 Å². The summed E-state index contributed by atoms with van der Waals surface area (Å²) in [7, 11) is 2.96. The molecule has 2 aliphatic carbocycles. The summed E-state index contributed by atoms with van der Waals surface area (Å²) in [5, 5.41) is 12.5. The molecule has 2 aliphatic heterocycles. The van der Waals surface area contributed by atoms with Gasteiger partial charge in [0.15, 0.2) is 11.5 Å². The van der Waals surface area contributed by atoms with Gasteiger partial charge in [-0.15, -0.1) is 0 Å². The molecule has 4 amide bonds. The lowest BCUT2D eigenvalue weighted by atomic mass is 9.49. The topological polar surface area (TPSA) is 125 Å². The molecule has 6 atom stereocenters. The largest absolute Gasteiger partial charge is 0.503 e. The number of hydrazine groups is 1. The van der Waals surface area contributed by atoms with Crippen LogP contribution in [0.25, 0.3) is 0 Å². The molecule has 10 nitrogen and oxygen atoms in total. The third-order valence-electron chi connectivity index (χ3n) is 11.3. The Morgan fingerprint density at radius 3 is 2.24 bits per heavy atom. The average molecular weight is 896 g/mol. The maximum absolute atomic E-state index is 15.5. The van der Waals surface area contributed by atoms with Gasteiger partial charge in [-0.3, -0.25) is 29.5 Å². The number of phenols is 1. The lowest BCUT2D eigenvalue weighted by molar-refractivity contribution is -0.138. The fraction of sp³-hybridized carbons (Fsp3) is 0.250. The summed E-state index contributed by atoms with van der Waals surface area (Å²) in [6, 6.07) is 22.1. The SMILES string of the molecule is COc1ccc([C@@]23C(=O)N(Nc4ccc(Cl)cc4Cl)C(=O)[C@@H]2C[C@@H]2C(=CC[C@@H]4C(=O)N(c5ccc(Br)cc5)C(=O)[C@@H]42)[C@@H]3c2cc(Br)c(O)c(OC)c2)cc1. The normalized spacial score (nSPS) is 26.0. The molecule has 4 aromatic carbocycles. The molecular weight excluding hydrogens is 865 g/mol. The average Bonchev–Trinajstić information content (AvgIpc) is 3.54. The van der Waals surface area contributed by atoms with E-state index < -0.39 is 46.8 Å². The molecule has 0 spiro atoms. The Morgan fingerprint density at radius 1 is 0.852 bits per heavy atom. The van der Waals surface area contributed by atoms with Gasteiger partial charge >= 0.3 is 0 Å². The van der Waals surface area contributed by atoms with Gasteiger partial charge in [-0.2, -0.15) is 5.01 Å². The Labute approximate surface area is 337 Å². The molecular formula is C40H31Br2Cl2N3O7. The molecule has 2 N–H and O–H groups in total. The molecule has 0 bridgehead atoms. The summed E-state index contributed by atoms with van der Waals surface area (Å²) in [6.07, 6.45) is 2.30. The number of aromatic hydroxyl groups is 1. The van der Waals surface area contributed by atoms with Crippen molar-refractivity contribution in [2.75, 3.05) is 24.5 Å². The summed E-state index contributed by atoms with van der Waals surface area (Å²) in [6.45, 7) is 0. The van der Waals surface area contributed by atoms with Crippen LogP contribution in [0.4, 0.5) is 11.4 Å². The Balaban J connectivity index is 1.35. The van der Waals surface area contributed by atoms with Gasteiger partial charge < -0.3 is 14.6 Å². The number of amides is 4. The third-order valence-corrected chi connectivity index (χ3v) is 13.0. The molecule has 0 aromatic heterocycles. The number of hydrogen-bond acceptors (Lipinski definition) is 8. The highest BCUT2D eigenvalue weighted by molar-refractivity contribution is 9.10. The van der Waals surface area contributed by atoms with Gasteiger partial charge in [0.05, 0.1) is 58.3 Å². The lowest BCUT2D eigenvalue weighted by Gasteiger charge is -2.50. The summed E-state index contributed by atoms with van der Waals surface area (Å²) in [5.41, 5.74) is 4.00. The zero-order valence-electron chi connectivity index (χ0n) is 28.7. The second-order valence-electron chi connectivity index (χ2n) is 13.8. The smallest absolute Gasteiger partial charge is 0.260 e. The number of fused-ring (bicyclic) bond motifs is 4. The summed E-state index contributed by atoms with van der Waals surface area (Å²) in [5.74, 6) is -5.14. The first-order valence-corrected chi connectivity index (χ1v) is 19.4. The van der Waals surface area contributed by atoms with E-state index in [1.54, 1.807) is 72.8 Å². The van der Waals surface area contributed by atoms with Gasteiger partial charge in [-0.05, 0) is 113 Å². The van der Waals surface area contributed by atoms with Crippen molar-refractivity contribution in [3.05, 3.63) is 121 Å². The Morgan fingerprint density at radius 2 is 1.57 bits per heavy atom. The molecule has 276 valence electrons. The fourth-order valence-corrected chi connectivity index (χ4v) is 10.2. The molecule has 0 unspecified atom stereocenters. The molecule has 4 aliphatic rings. The third kappa shape index (κ3) is 5.47. The minimum absolute atomic E-state index is 0.0935. The standard InChI is InChI=1S/C40H31Br2Cl2N3O7/c1-53-24-10-3-20(4-11-24)40-28(37(50)47(39(40)52)45-31-14-7-22(43)17-30(31)44)18-27-25(34(40)19-15-29(42)35(48)32(16-19)54-2)12-13-26-33(27)38(51)46(36(26)49)23-8-5-21(41)6-9-23/h3-12,14-17,26-28,33-34,45,48H,13,18H2,1-2H3/t26-,27+,28-,33-,34-,40+/m0/s1. The van der Waals surface area contributed by atoms with Crippen molar-refractivity contribution in [2.45, 2.75) is 24.2 Å². The number of rotatable bonds is 7. The van der Waals surface area contributed by atoms with E-state index in [2.05, 4.69) is 37.3 Å². The van der Waals surface area contributed by atoms with Crippen LogP contribution >= 0.6 is 55.1 Å². The van der Waals surface area contributed by atoms with E-state index in [4.69, 9.17) is 32.7 Å². The number of hydrogen-bond donors (Lipinski definition) is 2. The van der Waals surface area contributed by atoms with Crippen LogP contribution in [0.3, 0.4) is 0 Å². The molecule has 1 saturated carbocycles. The number of methoxy groups -OCH3 is 2. The van der Waals surface area contributed by atoms with E-state index >= 15 is 4.79 Å². The summed E-state index contributed by atoms with van der Waals surface area (Å²) >= 11 is 19.6. The van der Waals surface area contributed by atoms with Gasteiger partial charge in [0.2, 0.25) is 11.8 Å². The monoisotopic (exact) mass is 893 g/mol. The van der Waals surface area contributed by atoms with E-state index in [9.17, 15) is 19.5 Å². The highest BCUT2D eigenvalue weighted by Gasteiger charge is 2.70. The molecule has 14 heteroatoms. The second-order valence-corrected chi connectivity index (χ2v) is 16.4. The zero-order valence-corrected chi connectivity index (χ0v) is 33.4. The van der Waals surface area contributed by atoms with Crippen LogP contribution in [0.1, 0.15) is 29.9 Å². The first kappa shape index (κ1) is 36.6. The Bertz CT molecular complexity index is 2290. The van der Waals surface area contributed by atoms with Crippen molar-refractivity contribution in [3.8, 4) is 17.2 Å². The van der Waals surface area contributed by atoms with E-state index in [1.807, 2.05) is 6.08 Å². The second kappa shape index (κ2) is 13.7. The first-order chi connectivity index (χ1) is 25.9. The number of benzene rings is 4. The van der Waals surface area contributed by atoms with Crippen molar-refractivity contribution in [1.82, 2.24) is 5.01 Å². The Kier molecular flexibility index (Phi) is 9.31. The quantitative estimate of drug-likeness (QED) is 0.140. The van der Waals surface area contributed by atoms with Gasteiger partial charge in [0.1, 0.15) is 5.75 Å². The molecule has 2 saturated heterocycles. The predicted octanol–water partition coefficient (Wildman–Crippen LogP) is 8.43. The highest BCUT2D eigenvalue weighted by atomic mass is 79.9. The maximum atomic E-state index is 15.5. The number of anilines is 2. The van der Waals surface area contributed by atoms with E-state index in [0.717, 1.165) is 15.1 Å². The number of halogens is 4. The summed E-state index contributed by atoms with van der Waals surface area (Å²) < 4.78 is 12.2. The molecule has 8 rings (SSSR count). The number of carbonyl (C=O) groups excluding carboxylic acids is 4. The van der Waals surface area contributed by atoms with E-state index in [-0.39, 0.29) is 46.9 Å². The summed E-state index contributed by atoms with van der Waals surface area (Å²) in [4.78, 5) is 60.3. The van der Waals surface area contributed by atoms with E-state index in [1.165, 1.54) is 25.2 Å². The maximum Gasteiger partial charge on any atom is 0.260 e. The van der Waals surface area contributed by atoms with Crippen LogP contribution in [0, 0.1) is 23.7 Å². The lowest BCUT2D eigenvalue weighted by Crippen LogP contribution is -2.53. The number of nitrogens with zero attached hydrogens (tertiary/aromatic N) is 2. The van der Waals surface area contributed by atoms with Crippen LogP contribution in [0.5, 0.6) is 17.2 Å². The van der Waals surface area contributed by atoms with Crippen molar-refractivity contribution in [1.29, 1.82) is 0 Å². The number of carbonyl (C=O) groups is 4. The Hall–Kier alpha value is -4.36. The van der Waals surface area contributed by atoms with Gasteiger partial charge in [-0.1, -0.05) is 62.9 Å². The zero-order chi connectivity index (χ0) is 38.2. The minimum Gasteiger partial charge on any atom is -0.503 e. The van der Waals surface area contributed by atoms with Crippen molar-refractivity contribution >= 4 is 90.1 Å². The van der Waals surface area contributed by atoms with Crippen LogP contribution in [-0.2, 0) is 24.6 Å². The van der Waals surface area contributed by atoms with Crippen LogP contribution in [0.15, 0.2) is 99.5 Å². The predicted molar refractivity (Wildman–Crippen MR) is 210 cm³/mol. The molecule has 2 heterocycles. The molecule has 54 heavy (non-hydrogen) atoms. The van der Waals surface area contributed by atoms with Crippen LogP contribution in [0.2, 0.25) is 10.0 Å². The van der Waals surface area contributed by atoms with Gasteiger partial charge in [-0.25, -0.2) is 0 Å². The number of nitrogens with one attached hydrogen (secondary N) is 1. The fourth-order valence-electron chi connectivity index (χ4n) is 8.98. The first-order valence-electron chi connectivity index (χ1n) is 17.0. The van der Waals surface area contributed by atoms with Crippen molar-refractivity contribution in [2.24, 2.45) is 23.7 Å². The highest BCUT2D eigenvalue weighted by Crippen LogP contribution is 2.65. The van der Waals surface area contributed by atoms with Crippen molar-refractivity contribution < 1.29 is 33.8 Å². The number of ether oxygens (including phenoxy) is 2. The molecule has 3 fully saturated rings. The van der Waals surface area contributed by atoms with Crippen LogP contribution in [-0.4, -0.2) is 48.0 Å². The van der Waals surface area contributed by atoms with Crippen molar-refractivity contribution in [3.63, 3.8) is 0 Å². The minimum atomic E-state index is -1.58. The number of phenolic OH excluding ortho intramolecular Hbond substituents is 1. The van der Waals surface area contributed by atoms with Crippen LogP contribution < -0.4 is 19.8 Å². The molecule has 4 aromatic rings. The van der Waals surface area contributed by atoms with Gasteiger partial charge in [0.25, 0.3) is 11.8 Å². The molecule has 0 radical (unpaired) electrons. The number of imide groups is 2. The van der Waals surface area contributed by atoms with Gasteiger partial charge in [0, 0.05) is 15.4 Å².